The fraction of sp³-hybridized carbons (Fsp3) is 1.00. The number of unbranched alkanes of at least 4 members (excludes halogenated alkanes) is 30. The molecule has 0 rings (SSSR count). The van der Waals surface area contributed by atoms with Crippen LogP contribution in [-0.4, -0.2) is 25.9 Å². The van der Waals surface area contributed by atoms with E-state index >= 15 is 0 Å². The molecule has 0 aliphatic rings. The van der Waals surface area contributed by atoms with Gasteiger partial charge in [-0.3, -0.25) is 0 Å². The van der Waals surface area contributed by atoms with E-state index < -0.39 is 0 Å². The van der Waals surface area contributed by atoms with Crippen molar-refractivity contribution in [3.8, 4) is 0 Å². The number of ether oxygens (including phenoxy) is 2. The molecule has 1 atom stereocenters. The number of hydrogen-bond acceptors (Lipinski definition) is 2. The van der Waals surface area contributed by atoms with E-state index in [1.54, 1.807) is 0 Å². The van der Waals surface area contributed by atoms with Gasteiger partial charge in [-0.1, -0.05) is 227 Å². The first-order valence-electron chi connectivity index (χ1n) is 21.2. The van der Waals surface area contributed by atoms with E-state index in [0.29, 0.717) is 0 Å². The highest BCUT2D eigenvalue weighted by molar-refractivity contribution is 4.69. The summed E-state index contributed by atoms with van der Waals surface area (Å²) in [6.45, 7) is 14.2. The molecule has 0 amide bonds. The Balaban J connectivity index is 3.54. The fourth-order valence-electron chi connectivity index (χ4n) is 6.72. The van der Waals surface area contributed by atoms with E-state index in [2.05, 4.69) is 34.6 Å². The standard InChI is InChI=1S/C43H88O2/c1-6-8-10-12-14-16-18-20-22-24-26-28-30-32-34-36-38-44-41-42(40-43(3,4)5)45-39-37-35-33-31-29-27-25-23-21-19-17-15-13-11-9-7-2/h42H,6-41H2,1-5H3. The average molecular weight is 637 g/mol. The van der Waals surface area contributed by atoms with Crippen LogP contribution in [0, 0.1) is 5.41 Å². The van der Waals surface area contributed by atoms with E-state index in [9.17, 15) is 0 Å². The topological polar surface area (TPSA) is 18.5 Å². The number of rotatable bonds is 38. The van der Waals surface area contributed by atoms with Crippen molar-refractivity contribution in [2.45, 2.75) is 253 Å². The maximum atomic E-state index is 6.35. The van der Waals surface area contributed by atoms with Gasteiger partial charge in [0, 0.05) is 13.2 Å². The lowest BCUT2D eigenvalue weighted by molar-refractivity contribution is -0.0363. The summed E-state index contributed by atoms with van der Waals surface area (Å²) in [5, 5.41) is 0. The normalized spacial score (nSPS) is 12.7. The van der Waals surface area contributed by atoms with Gasteiger partial charge in [-0.2, -0.15) is 0 Å². The van der Waals surface area contributed by atoms with Crippen LogP contribution in [0.2, 0.25) is 0 Å². The molecule has 0 radical (unpaired) electrons. The average Bonchev–Trinajstić information content (AvgIpc) is 3.01. The Morgan fingerprint density at radius 1 is 0.356 bits per heavy atom. The molecular formula is C43H88O2. The van der Waals surface area contributed by atoms with Crippen LogP contribution in [0.4, 0.5) is 0 Å². The van der Waals surface area contributed by atoms with Crippen molar-refractivity contribution in [2.75, 3.05) is 19.8 Å². The Kier molecular flexibility index (Phi) is 36.7. The molecule has 1 unspecified atom stereocenters. The summed E-state index contributed by atoms with van der Waals surface area (Å²) in [6, 6.07) is 0. The summed E-state index contributed by atoms with van der Waals surface area (Å²) in [5.41, 5.74) is 0.289. The molecule has 0 bridgehead atoms. The van der Waals surface area contributed by atoms with Crippen molar-refractivity contribution in [1.82, 2.24) is 0 Å². The van der Waals surface area contributed by atoms with Gasteiger partial charge in [-0.15, -0.1) is 0 Å². The maximum Gasteiger partial charge on any atom is 0.0813 e. The third kappa shape index (κ3) is 40.0. The molecular weight excluding hydrogens is 548 g/mol. The van der Waals surface area contributed by atoms with Gasteiger partial charge >= 0.3 is 0 Å². The molecule has 2 nitrogen and oxygen atoms in total. The second-order valence-electron chi connectivity index (χ2n) is 15.9. The third-order valence-electron chi connectivity index (χ3n) is 9.64. The second-order valence-corrected chi connectivity index (χ2v) is 15.9. The van der Waals surface area contributed by atoms with Crippen LogP contribution in [0.25, 0.3) is 0 Å². The highest BCUT2D eigenvalue weighted by Gasteiger charge is 2.19. The molecule has 45 heavy (non-hydrogen) atoms. The first-order chi connectivity index (χ1) is 22.0. The lowest BCUT2D eigenvalue weighted by atomic mass is 9.89. The molecule has 0 aromatic heterocycles. The van der Waals surface area contributed by atoms with Gasteiger partial charge in [0.2, 0.25) is 0 Å². The van der Waals surface area contributed by atoms with Gasteiger partial charge in [-0.25, -0.2) is 0 Å². The van der Waals surface area contributed by atoms with Crippen molar-refractivity contribution < 1.29 is 9.47 Å². The molecule has 0 aromatic rings. The Morgan fingerprint density at radius 2 is 0.622 bits per heavy atom. The van der Waals surface area contributed by atoms with Gasteiger partial charge in [0.05, 0.1) is 12.7 Å². The first-order valence-corrected chi connectivity index (χ1v) is 21.2. The predicted octanol–water partition coefficient (Wildman–Crippen LogP) is 15.3. The monoisotopic (exact) mass is 637 g/mol. The molecule has 0 saturated heterocycles. The van der Waals surface area contributed by atoms with Gasteiger partial charge in [-0.05, 0) is 24.7 Å². The largest absolute Gasteiger partial charge is 0.379 e. The summed E-state index contributed by atoms with van der Waals surface area (Å²) in [6.07, 6.45) is 46.7. The molecule has 0 aliphatic carbocycles. The maximum absolute atomic E-state index is 6.35. The summed E-state index contributed by atoms with van der Waals surface area (Å²) >= 11 is 0. The molecule has 0 spiro atoms. The van der Waals surface area contributed by atoms with Crippen LogP contribution in [-0.2, 0) is 9.47 Å². The van der Waals surface area contributed by atoms with E-state index in [4.69, 9.17) is 9.47 Å². The summed E-state index contributed by atoms with van der Waals surface area (Å²) in [5.74, 6) is 0. The summed E-state index contributed by atoms with van der Waals surface area (Å²) in [4.78, 5) is 0. The molecule has 272 valence electrons. The van der Waals surface area contributed by atoms with Crippen molar-refractivity contribution in [2.24, 2.45) is 5.41 Å². The summed E-state index contributed by atoms with van der Waals surface area (Å²) in [7, 11) is 0. The van der Waals surface area contributed by atoms with Gasteiger partial charge in [0.15, 0.2) is 0 Å². The minimum Gasteiger partial charge on any atom is -0.379 e. The zero-order valence-electron chi connectivity index (χ0n) is 32.3. The van der Waals surface area contributed by atoms with E-state index in [-0.39, 0.29) is 11.5 Å². The second kappa shape index (κ2) is 36.8. The van der Waals surface area contributed by atoms with Crippen molar-refractivity contribution in [3.05, 3.63) is 0 Å². The van der Waals surface area contributed by atoms with Crippen LogP contribution >= 0.6 is 0 Å². The molecule has 0 aliphatic heterocycles. The number of hydrogen-bond donors (Lipinski definition) is 0. The van der Waals surface area contributed by atoms with Crippen molar-refractivity contribution in [3.63, 3.8) is 0 Å². The molecule has 2 heteroatoms. The smallest absolute Gasteiger partial charge is 0.0813 e. The van der Waals surface area contributed by atoms with Crippen LogP contribution < -0.4 is 0 Å². The summed E-state index contributed by atoms with van der Waals surface area (Å²) < 4.78 is 12.5. The molecule has 0 saturated carbocycles. The fourth-order valence-corrected chi connectivity index (χ4v) is 6.72. The zero-order chi connectivity index (χ0) is 32.9. The van der Waals surface area contributed by atoms with Crippen LogP contribution in [0.1, 0.15) is 247 Å². The third-order valence-corrected chi connectivity index (χ3v) is 9.64. The van der Waals surface area contributed by atoms with Gasteiger partial charge < -0.3 is 9.47 Å². The highest BCUT2D eigenvalue weighted by Crippen LogP contribution is 2.23. The predicted molar refractivity (Wildman–Crippen MR) is 204 cm³/mol. The lowest BCUT2D eigenvalue weighted by Gasteiger charge is -2.26. The Hall–Kier alpha value is -0.0800. The zero-order valence-corrected chi connectivity index (χ0v) is 32.3. The van der Waals surface area contributed by atoms with E-state index in [0.717, 1.165) is 26.2 Å². The first kappa shape index (κ1) is 44.9. The van der Waals surface area contributed by atoms with Crippen molar-refractivity contribution >= 4 is 0 Å². The quantitative estimate of drug-likeness (QED) is 0.0628. The Morgan fingerprint density at radius 3 is 0.911 bits per heavy atom. The van der Waals surface area contributed by atoms with Crippen LogP contribution in [0.5, 0.6) is 0 Å². The molecule has 0 aromatic carbocycles. The van der Waals surface area contributed by atoms with Gasteiger partial charge in [0.25, 0.3) is 0 Å². The van der Waals surface area contributed by atoms with Crippen LogP contribution in [0.3, 0.4) is 0 Å². The molecule has 0 fully saturated rings. The lowest BCUT2D eigenvalue weighted by Crippen LogP contribution is -2.26. The van der Waals surface area contributed by atoms with E-state index in [1.165, 1.54) is 205 Å². The van der Waals surface area contributed by atoms with Crippen molar-refractivity contribution in [1.29, 1.82) is 0 Å². The highest BCUT2D eigenvalue weighted by atomic mass is 16.5. The van der Waals surface area contributed by atoms with Gasteiger partial charge in [0.1, 0.15) is 0 Å². The van der Waals surface area contributed by atoms with Crippen LogP contribution in [0.15, 0.2) is 0 Å². The SMILES string of the molecule is CCCCCCCCCCCCCCCCCCOCC(CC(C)(C)C)OCCCCCCCCCCCCCCCCCC. The Labute approximate surface area is 286 Å². The van der Waals surface area contributed by atoms with E-state index in [1.807, 2.05) is 0 Å². The molecule has 0 heterocycles. The molecule has 0 N–H and O–H groups in total. The minimum absolute atomic E-state index is 0.252. The minimum atomic E-state index is 0.252. The Bertz CT molecular complexity index is 524.